The monoisotopic (exact) mass is 604 g/mol. The maximum absolute atomic E-state index is 13.7. The second-order valence-corrected chi connectivity index (χ2v) is 7.95. The van der Waals surface area contributed by atoms with Crippen LogP contribution in [0.4, 0.5) is 4.39 Å². The third-order valence-electron chi connectivity index (χ3n) is 4.45. The number of para-hydroxylation sites is 1. The van der Waals surface area contributed by atoms with Crippen LogP contribution in [0.1, 0.15) is 26.3 Å². The average Bonchev–Trinajstić information content (AvgIpc) is 2.85. The normalized spacial score (nSPS) is 9.20. The van der Waals surface area contributed by atoms with Gasteiger partial charge in [-0.05, 0) is 81.8 Å². The van der Waals surface area contributed by atoms with E-state index in [1.165, 1.54) is 12.1 Å². The van der Waals surface area contributed by atoms with Gasteiger partial charge in [0, 0.05) is 29.0 Å². The van der Waals surface area contributed by atoms with E-state index in [1.807, 2.05) is 37.3 Å². The van der Waals surface area contributed by atoms with Crippen molar-refractivity contribution in [2.24, 2.45) is 0 Å². The van der Waals surface area contributed by atoms with Gasteiger partial charge in [-0.15, -0.1) is 0 Å². The Morgan fingerprint density at radius 2 is 1.05 bits per heavy atom. The van der Waals surface area contributed by atoms with E-state index in [2.05, 4.69) is 9.97 Å². The Morgan fingerprint density at radius 1 is 0.659 bits per heavy atom. The quantitative estimate of drug-likeness (QED) is 0.325. The van der Waals surface area contributed by atoms with Crippen molar-refractivity contribution in [3.63, 3.8) is 0 Å². The summed E-state index contributed by atoms with van der Waals surface area (Å²) in [5.74, 6) is -4.21. The van der Waals surface area contributed by atoms with Crippen LogP contribution in [0.15, 0.2) is 72.8 Å². The summed E-state index contributed by atoms with van der Waals surface area (Å²) in [6, 6.07) is 20.5. The number of rotatable bonds is 3. The maximum atomic E-state index is 13.7. The van der Waals surface area contributed by atoms with Gasteiger partial charge in [0.25, 0.3) is 0 Å². The summed E-state index contributed by atoms with van der Waals surface area (Å²) in [7, 11) is 0. The number of aromatic nitrogens is 2. The molecule has 0 aliphatic heterocycles. The fourth-order valence-corrected chi connectivity index (χ4v) is 3.04. The SMILES string of the molecule is CC(=O)[O-].CC(=O)[O-].CC(=O)[O-].Cc1ccc(-c2cccc(-c3cccc(-c4cccc(F)c4O)n3)n2)c(O)c1.[Mn+3]. The maximum Gasteiger partial charge on any atom is 3.00 e. The van der Waals surface area contributed by atoms with Crippen molar-refractivity contribution in [3.8, 4) is 45.4 Å². The van der Waals surface area contributed by atoms with Crippen LogP contribution in [0, 0.1) is 12.7 Å². The fraction of sp³-hybridized carbons (Fsp3) is 0.138. The predicted octanol–water partition coefficient (Wildman–Crippen LogP) is 1.60. The van der Waals surface area contributed by atoms with Crippen LogP contribution in [0.25, 0.3) is 33.9 Å². The number of halogens is 1. The number of phenolic OH excluding ortho intramolecular Hbond substituents is 2. The minimum Gasteiger partial charge on any atom is -0.550 e. The Bertz CT molecular complexity index is 1440. The summed E-state index contributed by atoms with van der Waals surface area (Å²) in [6.07, 6.45) is 0. The van der Waals surface area contributed by atoms with Crippen LogP contribution >= 0.6 is 0 Å². The molecule has 4 aromatic rings. The van der Waals surface area contributed by atoms with E-state index < -0.39 is 29.5 Å². The molecule has 0 saturated carbocycles. The summed E-state index contributed by atoms with van der Waals surface area (Å²) >= 11 is 0. The minimum absolute atomic E-state index is 0. The summed E-state index contributed by atoms with van der Waals surface area (Å²) < 4.78 is 13.7. The zero-order chi connectivity index (χ0) is 30.4. The summed E-state index contributed by atoms with van der Waals surface area (Å²) in [5.41, 5.74) is 4.16. The molecule has 0 aliphatic carbocycles. The fourth-order valence-electron chi connectivity index (χ4n) is 3.04. The molecule has 0 bridgehead atoms. The van der Waals surface area contributed by atoms with Gasteiger partial charge >= 0.3 is 17.1 Å². The van der Waals surface area contributed by atoms with Crippen molar-refractivity contribution in [2.75, 3.05) is 0 Å². The van der Waals surface area contributed by atoms with Crippen LogP contribution in [0.3, 0.4) is 0 Å². The summed E-state index contributed by atoms with van der Waals surface area (Å²) in [5, 5.41) is 46.9. The largest absolute Gasteiger partial charge is 3.00 e. The number of aromatic hydroxyl groups is 2. The van der Waals surface area contributed by atoms with Gasteiger partial charge in [0.2, 0.25) is 0 Å². The molecule has 0 unspecified atom stereocenters. The van der Waals surface area contributed by atoms with Crippen LogP contribution in [-0.4, -0.2) is 38.1 Å². The van der Waals surface area contributed by atoms with E-state index in [1.54, 1.807) is 30.3 Å². The van der Waals surface area contributed by atoms with E-state index >= 15 is 0 Å². The molecule has 2 N–H and O–H groups in total. The molecule has 0 fully saturated rings. The number of aryl methyl sites for hydroxylation is 1. The van der Waals surface area contributed by atoms with E-state index in [-0.39, 0.29) is 22.8 Å². The molecule has 10 nitrogen and oxygen atoms in total. The number of nitrogens with zero attached hydrogens (tertiary/aromatic N) is 2. The molecule has 2 aromatic carbocycles. The van der Waals surface area contributed by atoms with Gasteiger partial charge in [-0.2, -0.15) is 0 Å². The van der Waals surface area contributed by atoms with Crippen LogP contribution in [-0.2, 0) is 31.5 Å². The van der Waals surface area contributed by atoms with E-state index in [9.17, 15) is 14.6 Å². The number of carbonyl (C=O) groups is 3. The molecular weight excluding hydrogens is 578 g/mol. The van der Waals surface area contributed by atoms with E-state index in [4.69, 9.17) is 29.7 Å². The molecular formula is C29H26FMnN2O8. The third-order valence-corrected chi connectivity index (χ3v) is 4.45. The number of hydrogen-bond donors (Lipinski definition) is 2. The molecule has 214 valence electrons. The molecule has 2 aromatic heterocycles. The van der Waals surface area contributed by atoms with Crippen molar-refractivity contribution >= 4 is 17.9 Å². The Morgan fingerprint density at radius 3 is 1.49 bits per heavy atom. The Labute approximate surface area is 246 Å². The van der Waals surface area contributed by atoms with Crippen LogP contribution < -0.4 is 15.3 Å². The van der Waals surface area contributed by atoms with Crippen molar-refractivity contribution in [2.45, 2.75) is 27.7 Å². The Balaban J connectivity index is 0.00000105. The molecule has 12 heteroatoms. The molecule has 4 rings (SSSR count). The third kappa shape index (κ3) is 13.2. The molecule has 0 spiro atoms. The number of benzene rings is 2. The standard InChI is InChI=1S/C23H17FN2O2.3C2H4O2.Mn/c1-14-11-12-15(22(27)13-14)18-7-3-9-20(25-18)21-10-4-8-19(26-21)16-5-2-6-17(24)23(16)28;3*1-2(3)4;/h2-13,27-28H,1H3;3*1H3,(H,3,4);/q;;;;+3/p-3. The Hall–Kier alpha value is -4.80. The first-order valence-electron chi connectivity index (χ1n) is 11.5. The number of pyridine rings is 2. The van der Waals surface area contributed by atoms with Gasteiger partial charge in [-0.3, -0.25) is 0 Å². The molecule has 0 amide bonds. The Kier molecular flexibility index (Phi) is 15.6. The second-order valence-electron chi connectivity index (χ2n) is 7.95. The smallest absolute Gasteiger partial charge is 0.550 e. The molecule has 0 saturated heterocycles. The van der Waals surface area contributed by atoms with Crippen LogP contribution in [0.2, 0.25) is 0 Å². The topological polar surface area (TPSA) is 187 Å². The number of hydrogen-bond acceptors (Lipinski definition) is 10. The number of carboxylic acid groups (broad SMARTS) is 3. The van der Waals surface area contributed by atoms with Crippen molar-refractivity contribution < 1.29 is 61.4 Å². The number of phenols is 2. The second kappa shape index (κ2) is 17.7. The van der Waals surface area contributed by atoms with E-state index in [0.717, 1.165) is 26.3 Å². The molecule has 2 heterocycles. The van der Waals surface area contributed by atoms with Crippen molar-refractivity contribution in [1.29, 1.82) is 0 Å². The van der Waals surface area contributed by atoms with Gasteiger partial charge in [0.1, 0.15) is 5.75 Å². The number of aliphatic carboxylic acids is 3. The first-order valence-corrected chi connectivity index (χ1v) is 11.5. The molecule has 0 atom stereocenters. The zero-order valence-electron chi connectivity index (χ0n) is 22.4. The van der Waals surface area contributed by atoms with Gasteiger partial charge in [-0.1, -0.05) is 24.3 Å². The van der Waals surface area contributed by atoms with Crippen molar-refractivity contribution in [1.82, 2.24) is 9.97 Å². The predicted molar refractivity (Wildman–Crippen MR) is 138 cm³/mol. The zero-order valence-corrected chi connectivity index (χ0v) is 23.6. The minimum atomic E-state index is -1.08. The molecule has 41 heavy (non-hydrogen) atoms. The summed E-state index contributed by atoms with van der Waals surface area (Å²) in [6.45, 7) is 4.82. The molecule has 0 aliphatic rings. The summed E-state index contributed by atoms with van der Waals surface area (Å²) in [4.78, 5) is 35.8. The van der Waals surface area contributed by atoms with Gasteiger partial charge in [0.05, 0.1) is 22.8 Å². The molecule has 0 radical (unpaired) electrons. The van der Waals surface area contributed by atoms with Gasteiger partial charge < -0.3 is 39.9 Å². The van der Waals surface area contributed by atoms with E-state index in [0.29, 0.717) is 33.9 Å². The van der Waals surface area contributed by atoms with Crippen LogP contribution in [0.5, 0.6) is 11.5 Å². The van der Waals surface area contributed by atoms with Gasteiger partial charge in [0.15, 0.2) is 11.6 Å². The number of carbonyl (C=O) groups excluding carboxylic acids is 3. The van der Waals surface area contributed by atoms with Gasteiger partial charge in [-0.25, -0.2) is 14.4 Å². The number of carboxylic acids is 3. The van der Waals surface area contributed by atoms with Crippen molar-refractivity contribution in [3.05, 3.63) is 84.2 Å². The first-order chi connectivity index (χ1) is 18.7. The average molecular weight is 604 g/mol. The first kappa shape index (κ1) is 36.2.